The normalized spacial score (nSPS) is 17.8. The number of nitrogens with zero attached hydrogens (tertiary/aromatic N) is 2. The minimum Gasteiger partial charge on any atom is -0.476 e. The third-order valence-corrected chi connectivity index (χ3v) is 2.71. The van der Waals surface area contributed by atoms with Gasteiger partial charge < -0.3 is 9.84 Å². The van der Waals surface area contributed by atoms with Gasteiger partial charge >= 0.3 is 12.3 Å². The van der Waals surface area contributed by atoms with Crippen molar-refractivity contribution in [1.82, 2.24) is 9.78 Å². The number of carbonyl (C=O) groups is 1. The molecule has 0 aromatic carbocycles. The zero-order chi connectivity index (χ0) is 12.7. The maximum atomic E-state index is 12.5. The highest BCUT2D eigenvalue weighted by molar-refractivity contribution is 5.66. The van der Waals surface area contributed by atoms with Gasteiger partial charge in [-0.1, -0.05) is 0 Å². The standard InChI is InChI=1S/C9H9F3N2O3/c10-9(11,12)8(2-3-8)5-17-6-1-4-14(13-6)7(15)16/h1,4H,2-3,5H2,(H,15,16). The van der Waals surface area contributed by atoms with Crippen LogP contribution in [0.4, 0.5) is 18.0 Å². The number of aromatic nitrogens is 2. The first-order chi connectivity index (χ1) is 7.84. The van der Waals surface area contributed by atoms with E-state index in [1.54, 1.807) is 0 Å². The molecular weight excluding hydrogens is 241 g/mol. The summed E-state index contributed by atoms with van der Waals surface area (Å²) in [5.41, 5.74) is -1.78. The van der Waals surface area contributed by atoms with E-state index in [1.165, 1.54) is 6.07 Å². The summed E-state index contributed by atoms with van der Waals surface area (Å²) in [6.07, 6.45) is -4.43. The molecule has 0 amide bonds. The zero-order valence-corrected chi connectivity index (χ0v) is 8.57. The van der Waals surface area contributed by atoms with Crippen molar-refractivity contribution in [1.29, 1.82) is 0 Å². The topological polar surface area (TPSA) is 64.3 Å². The number of ether oxygens (including phenoxy) is 1. The van der Waals surface area contributed by atoms with E-state index in [0.29, 0.717) is 4.68 Å². The summed E-state index contributed by atoms with van der Waals surface area (Å²) in [6, 6.07) is 1.21. The van der Waals surface area contributed by atoms with Gasteiger partial charge in [-0.3, -0.25) is 0 Å². The number of carboxylic acid groups (broad SMARTS) is 1. The number of rotatable bonds is 3. The number of alkyl halides is 3. The number of hydrogen-bond acceptors (Lipinski definition) is 3. The van der Waals surface area contributed by atoms with Crippen LogP contribution in [0.5, 0.6) is 5.88 Å². The SMILES string of the molecule is O=C(O)n1ccc(OCC2(C(F)(F)F)CC2)n1. The van der Waals surface area contributed by atoms with Gasteiger partial charge in [0.15, 0.2) is 0 Å². The molecule has 0 atom stereocenters. The average molecular weight is 250 g/mol. The van der Waals surface area contributed by atoms with Gasteiger partial charge in [0.05, 0.1) is 0 Å². The lowest BCUT2D eigenvalue weighted by molar-refractivity contribution is -0.194. The Morgan fingerprint density at radius 1 is 1.59 bits per heavy atom. The molecule has 94 valence electrons. The van der Waals surface area contributed by atoms with Crippen molar-refractivity contribution in [2.45, 2.75) is 19.0 Å². The summed E-state index contributed by atoms with van der Waals surface area (Å²) in [5, 5.41) is 12.0. The second kappa shape index (κ2) is 3.64. The van der Waals surface area contributed by atoms with Gasteiger partial charge in [-0.15, -0.1) is 5.10 Å². The lowest BCUT2D eigenvalue weighted by Crippen LogP contribution is -2.30. The molecule has 0 unspecified atom stereocenters. The van der Waals surface area contributed by atoms with Crippen molar-refractivity contribution in [3.05, 3.63) is 12.3 Å². The number of halogens is 3. The van der Waals surface area contributed by atoms with Crippen LogP contribution in [0.3, 0.4) is 0 Å². The second-order valence-corrected chi connectivity index (χ2v) is 3.95. The van der Waals surface area contributed by atoms with Crippen LogP contribution in [0.25, 0.3) is 0 Å². The minimum absolute atomic E-state index is 0.0378. The molecule has 1 saturated carbocycles. The van der Waals surface area contributed by atoms with E-state index >= 15 is 0 Å². The molecular formula is C9H9F3N2O3. The van der Waals surface area contributed by atoms with Crippen LogP contribution < -0.4 is 4.74 Å². The van der Waals surface area contributed by atoms with Gasteiger partial charge in [0.1, 0.15) is 12.0 Å². The molecule has 0 radical (unpaired) electrons. The van der Waals surface area contributed by atoms with E-state index in [0.717, 1.165) is 6.20 Å². The van der Waals surface area contributed by atoms with Crippen LogP contribution in [-0.2, 0) is 0 Å². The zero-order valence-electron chi connectivity index (χ0n) is 8.57. The Morgan fingerprint density at radius 3 is 2.65 bits per heavy atom. The second-order valence-electron chi connectivity index (χ2n) is 3.95. The summed E-state index contributed by atoms with van der Waals surface area (Å²) in [6.45, 7) is -0.521. The predicted molar refractivity (Wildman–Crippen MR) is 48.9 cm³/mol. The van der Waals surface area contributed by atoms with E-state index in [-0.39, 0.29) is 18.7 Å². The minimum atomic E-state index is -4.29. The molecule has 0 bridgehead atoms. The Bertz CT molecular complexity index is 437. The quantitative estimate of drug-likeness (QED) is 0.892. The fourth-order valence-corrected chi connectivity index (χ4v) is 1.36. The lowest BCUT2D eigenvalue weighted by Gasteiger charge is -2.18. The van der Waals surface area contributed by atoms with Gasteiger partial charge in [0.25, 0.3) is 0 Å². The Labute approximate surface area is 93.8 Å². The predicted octanol–water partition coefficient (Wildman–Crippen LogP) is 2.13. The van der Waals surface area contributed by atoms with E-state index in [1.807, 2.05) is 0 Å². The summed E-state index contributed by atoms with van der Waals surface area (Å²) in [4.78, 5) is 10.5. The van der Waals surface area contributed by atoms with Crippen LogP contribution in [0.2, 0.25) is 0 Å². The first-order valence-corrected chi connectivity index (χ1v) is 4.83. The fourth-order valence-electron chi connectivity index (χ4n) is 1.36. The van der Waals surface area contributed by atoms with Gasteiger partial charge in [-0.25, -0.2) is 4.79 Å². The Balaban J connectivity index is 1.96. The molecule has 0 spiro atoms. The summed E-state index contributed by atoms with van der Waals surface area (Å²) >= 11 is 0. The molecule has 1 heterocycles. The fraction of sp³-hybridized carbons (Fsp3) is 0.556. The Morgan fingerprint density at radius 2 is 2.24 bits per heavy atom. The van der Waals surface area contributed by atoms with Crippen molar-refractivity contribution < 1.29 is 27.8 Å². The van der Waals surface area contributed by atoms with Gasteiger partial charge in [0, 0.05) is 12.3 Å². The first-order valence-electron chi connectivity index (χ1n) is 4.83. The van der Waals surface area contributed by atoms with Crippen LogP contribution in [0.15, 0.2) is 12.3 Å². The van der Waals surface area contributed by atoms with Crippen molar-refractivity contribution in [2.75, 3.05) is 6.61 Å². The molecule has 5 nitrogen and oxygen atoms in total. The van der Waals surface area contributed by atoms with Gasteiger partial charge in [0.2, 0.25) is 5.88 Å². The highest BCUT2D eigenvalue weighted by atomic mass is 19.4. The summed E-state index contributed by atoms with van der Waals surface area (Å²) in [7, 11) is 0. The molecule has 0 saturated heterocycles. The van der Waals surface area contributed by atoms with Gasteiger partial charge in [-0.05, 0) is 12.8 Å². The summed E-state index contributed by atoms with van der Waals surface area (Å²) in [5.74, 6) is -0.122. The molecule has 17 heavy (non-hydrogen) atoms. The molecule has 1 N–H and O–H groups in total. The van der Waals surface area contributed by atoms with Crippen LogP contribution >= 0.6 is 0 Å². The van der Waals surface area contributed by atoms with E-state index in [9.17, 15) is 18.0 Å². The van der Waals surface area contributed by atoms with Crippen molar-refractivity contribution in [2.24, 2.45) is 5.41 Å². The molecule has 0 aliphatic heterocycles. The molecule has 8 heteroatoms. The largest absolute Gasteiger partial charge is 0.476 e. The highest BCUT2D eigenvalue weighted by Crippen LogP contribution is 2.57. The molecule has 1 aromatic rings. The Kier molecular flexibility index (Phi) is 2.52. The average Bonchev–Trinajstić information content (AvgIpc) is 2.86. The Hall–Kier alpha value is -1.73. The smallest absolute Gasteiger partial charge is 0.432 e. The lowest BCUT2D eigenvalue weighted by atomic mass is 10.1. The van der Waals surface area contributed by atoms with Gasteiger partial charge in [-0.2, -0.15) is 17.9 Å². The number of hydrogen-bond donors (Lipinski definition) is 1. The monoisotopic (exact) mass is 250 g/mol. The van der Waals surface area contributed by atoms with Crippen LogP contribution in [0, 0.1) is 5.41 Å². The molecule has 1 fully saturated rings. The maximum absolute atomic E-state index is 12.5. The molecule has 1 aromatic heterocycles. The molecule has 2 rings (SSSR count). The van der Waals surface area contributed by atoms with Crippen molar-refractivity contribution in [3.63, 3.8) is 0 Å². The third-order valence-electron chi connectivity index (χ3n) is 2.71. The van der Waals surface area contributed by atoms with Crippen molar-refractivity contribution >= 4 is 6.09 Å². The highest BCUT2D eigenvalue weighted by Gasteiger charge is 2.63. The molecule has 1 aliphatic rings. The molecule has 1 aliphatic carbocycles. The summed E-state index contributed by atoms with van der Waals surface area (Å²) < 4.78 is 43.0. The third kappa shape index (κ3) is 2.20. The van der Waals surface area contributed by atoms with E-state index in [4.69, 9.17) is 9.84 Å². The maximum Gasteiger partial charge on any atom is 0.432 e. The van der Waals surface area contributed by atoms with E-state index in [2.05, 4.69) is 5.10 Å². The van der Waals surface area contributed by atoms with E-state index < -0.39 is 24.3 Å². The van der Waals surface area contributed by atoms with Crippen LogP contribution in [0.1, 0.15) is 12.8 Å². The first kappa shape index (κ1) is 11.7. The van der Waals surface area contributed by atoms with Crippen LogP contribution in [-0.4, -0.2) is 33.8 Å². The van der Waals surface area contributed by atoms with Crippen molar-refractivity contribution in [3.8, 4) is 5.88 Å².